The fourth-order valence-corrected chi connectivity index (χ4v) is 2.32. The fourth-order valence-electron chi connectivity index (χ4n) is 2.32. The highest BCUT2D eigenvalue weighted by Gasteiger charge is 2.25. The molecule has 1 saturated carbocycles. The van der Waals surface area contributed by atoms with Crippen LogP contribution in [0, 0.1) is 5.92 Å². The predicted molar refractivity (Wildman–Crippen MR) is 75.6 cm³/mol. The number of carbonyl (C=O) groups excluding carboxylic acids is 1. The van der Waals surface area contributed by atoms with E-state index in [1.165, 1.54) is 12.8 Å². The van der Waals surface area contributed by atoms with Gasteiger partial charge in [0.1, 0.15) is 6.04 Å². The van der Waals surface area contributed by atoms with Crippen LogP contribution in [-0.2, 0) is 9.53 Å². The second-order valence-electron chi connectivity index (χ2n) is 5.38. The van der Waals surface area contributed by atoms with Gasteiger partial charge in [-0.2, -0.15) is 0 Å². The molecule has 1 fully saturated rings. The van der Waals surface area contributed by atoms with Crippen molar-refractivity contribution in [2.75, 3.05) is 13.2 Å². The lowest BCUT2D eigenvalue weighted by Gasteiger charge is -2.20. The Morgan fingerprint density at radius 3 is 2.55 bits per heavy atom. The van der Waals surface area contributed by atoms with Gasteiger partial charge in [-0.3, -0.25) is 0 Å². The van der Waals surface area contributed by atoms with Gasteiger partial charge < -0.3 is 20.5 Å². The van der Waals surface area contributed by atoms with Crippen LogP contribution >= 0.6 is 0 Å². The molecule has 0 bridgehead atoms. The zero-order chi connectivity index (χ0) is 15.0. The smallest absolute Gasteiger partial charge is 0.326 e. The minimum Gasteiger partial charge on any atom is -0.480 e. The van der Waals surface area contributed by atoms with E-state index in [1.54, 1.807) is 0 Å². The van der Waals surface area contributed by atoms with Crippen LogP contribution in [0.4, 0.5) is 4.79 Å². The van der Waals surface area contributed by atoms with Gasteiger partial charge in [-0.1, -0.05) is 33.1 Å². The molecule has 6 nitrogen and oxygen atoms in total. The van der Waals surface area contributed by atoms with Crippen molar-refractivity contribution < 1.29 is 19.4 Å². The van der Waals surface area contributed by atoms with E-state index in [9.17, 15) is 9.59 Å². The molecule has 2 amide bonds. The van der Waals surface area contributed by atoms with Gasteiger partial charge in [0.2, 0.25) is 0 Å². The number of hydrogen-bond donors (Lipinski definition) is 3. The lowest BCUT2D eigenvalue weighted by molar-refractivity contribution is -0.140. The number of amides is 2. The summed E-state index contributed by atoms with van der Waals surface area (Å²) < 4.78 is 5.62. The van der Waals surface area contributed by atoms with Gasteiger partial charge in [0.05, 0.1) is 12.7 Å². The minimum absolute atomic E-state index is 0.104. The molecule has 3 N–H and O–H groups in total. The molecule has 0 aromatic heterocycles. The Bertz CT molecular complexity index is 316. The molecule has 1 aliphatic carbocycles. The lowest BCUT2D eigenvalue weighted by Crippen LogP contribution is -2.49. The van der Waals surface area contributed by atoms with Gasteiger partial charge in [-0.25, -0.2) is 9.59 Å². The number of nitrogens with one attached hydrogen (secondary N) is 2. The third-order valence-corrected chi connectivity index (χ3v) is 3.81. The molecule has 0 radical (unpaired) electrons. The first-order chi connectivity index (χ1) is 9.54. The molecule has 0 aliphatic heterocycles. The molecule has 1 rings (SSSR count). The second-order valence-corrected chi connectivity index (χ2v) is 5.38. The Balaban J connectivity index is 2.18. The first kappa shape index (κ1) is 16.8. The van der Waals surface area contributed by atoms with Crippen LogP contribution in [0.5, 0.6) is 0 Å². The summed E-state index contributed by atoms with van der Waals surface area (Å²) in [4.78, 5) is 22.7. The number of hydrogen-bond acceptors (Lipinski definition) is 3. The van der Waals surface area contributed by atoms with Gasteiger partial charge >= 0.3 is 12.0 Å². The van der Waals surface area contributed by atoms with Crippen LogP contribution in [0.1, 0.15) is 46.0 Å². The van der Waals surface area contributed by atoms with Crippen LogP contribution in [-0.4, -0.2) is 42.4 Å². The summed E-state index contributed by atoms with van der Waals surface area (Å²) in [6, 6.07) is -1.30. The van der Waals surface area contributed by atoms with E-state index in [0.29, 0.717) is 25.7 Å². The van der Waals surface area contributed by atoms with E-state index < -0.39 is 18.0 Å². The molecule has 116 valence electrons. The molecule has 0 spiro atoms. The van der Waals surface area contributed by atoms with Crippen molar-refractivity contribution in [3.05, 3.63) is 0 Å². The lowest BCUT2D eigenvalue weighted by atomic mass is 9.99. The highest BCUT2D eigenvalue weighted by Crippen LogP contribution is 2.20. The fraction of sp³-hybridized carbons (Fsp3) is 0.857. The normalized spacial score (nSPS) is 18.5. The highest BCUT2D eigenvalue weighted by atomic mass is 16.5. The molecule has 1 aliphatic rings. The number of carbonyl (C=O) groups is 2. The molecule has 2 atom stereocenters. The molecular weight excluding hydrogens is 260 g/mol. The van der Waals surface area contributed by atoms with Crippen LogP contribution in [0.3, 0.4) is 0 Å². The van der Waals surface area contributed by atoms with Crippen molar-refractivity contribution in [3.8, 4) is 0 Å². The van der Waals surface area contributed by atoms with Crippen molar-refractivity contribution in [2.24, 2.45) is 5.92 Å². The summed E-state index contributed by atoms with van der Waals surface area (Å²) in [5.41, 5.74) is 0. The summed E-state index contributed by atoms with van der Waals surface area (Å²) in [5.74, 6) is -1.11. The van der Waals surface area contributed by atoms with Gasteiger partial charge in [-0.05, 0) is 18.8 Å². The molecule has 0 aromatic rings. The van der Waals surface area contributed by atoms with Gasteiger partial charge in [0.25, 0.3) is 0 Å². The molecule has 0 saturated heterocycles. The Morgan fingerprint density at radius 2 is 2.00 bits per heavy atom. The molecule has 0 unspecified atom stereocenters. The maximum Gasteiger partial charge on any atom is 0.326 e. The third kappa shape index (κ3) is 5.77. The number of carboxylic acid groups (broad SMARTS) is 1. The van der Waals surface area contributed by atoms with Crippen molar-refractivity contribution in [2.45, 2.75) is 58.1 Å². The van der Waals surface area contributed by atoms with Gasteiger partial charge in [0.15, 0.2) is 0 Å². The number of urea groups is 1. The van der Waals surface area contributed by atoms with E-state index in [1.807, 2.05) is 13.8 Å². The quantitative estimate of drug-likeness (QED) is 0.593. The Labute approximate surface area is 120 Å². The molecular formula is C14H26N2O4. The molecule has 0 heterocycles. The number of aliphatic carboxylic acids is 1. The van der Waals surface area contributed by atoms with E-state index in [-0.39, 0.29) is 5.92 Å². The summed E-state index contributed by atoms with van der Waals surface area (Å²) >= 11 is 0. The SMILES string of the molecule is CC[C@H](C)[C@H](NC(=O)NCCOC1CCCC1)C(=O)O. The Morgan fingerprint density at radius 1 is 1.35 bits per heavy atom. The van der Waals surface area contributed by atoms with E-state index in [2.05, 4.69) is 10.6 Å². The van der Waals surface area contributed by atoms with Crippen molar-refractivity contribution in [3.63, 3.8) is 0 Å². The van der Waals surface area contributed by atoms with E-state index in [0.717, 1.165) is 12.8 Å². The Kier molecular flexibility index (Phi) is 7.36. The first-order valence-corrected chi connectivity index (χ1v) is 7.43. The average molecular weight is 286 g/mol. The zero-order valence-electron chi connectivity index (χ0n) is 12.4. The average Bonchev–Trinajstić information content (AvgIpc) is 2.93. The van der Waals surface area contributed by atoms with Crippen molar-refractivity contribution in [1.82, 2.24) is 10.6 Å². The molecule has 6 heteroatoms. The van der Waals surface area contributed by atoms with E-state index in [4.69, 9.17) is 9.84 Å². The summed E-state index contributed by atoms with van der Waals surface area (Å²) in [6.45, 7) is 4.58. The van der Waals surface area contributed by atoms with E-state index >= 15 is 0 Å². The van der Waals surface area contributed by atoms with Crippen LogP contribution in [0.2, 0.25) is 0 Å². The maximum atomic E-state index is 11.6. The first-order valence-electron chi connectivity index (χ1n) is 7.43. The van der Waals surface area contributed by atoms with Gasteiger partial charge in [-0.15, -0.1) is 0 Å². The second kappa shape index (κ2) is 8.79. The third-order valence-electron chi connectivity index (χ3n) is 3.81. The van der Waals surface area contributed by atoms with Crippen molar-refractivity contribution in [1.29, 1.82) is 0 Å². The van der Waals surface area contributed by atoms with Gasteiger partial charge in [0, 0.05) is 6.54 Å². The van der Waals surface area contributed by atoms with Crippen LogP contribution in [0.25, 0.3) is 0 Å². The number of carboxylic acids is 1. The monoisotopic (exact) mass is 286 g/mol. The van der Waals surface area contributed by atoms with Crippen molar-refractivity contribution >= 4 is 12.0 Å². The highest BCUT2D eigenvalue weighted by molar-refractivity contribution is 5.82. The summed E-state index contributed by atoms with van der Waals surface area (Å²) in [6.07, 6.45) is 5.65. The standard InChI is InChI=1S/C14H26N2O4/c1-3-10(2)12(13(17)18)16-14(19)15-8-9-20-11-6-4-5-7-11/h10-12H,3-9H2,1-2H3,(H,17,18)(H2,15,16,19)/t10-,12-/m0/s1. The maximum absolute atomic E-state index is 11.6. The number of ether oxygens (including phenoxy) is 1. The summed E-state index contributed by atoms with van der Waals surface area (Å²) in [7, 11) is 0. The van der Waals surface area contributed by atoms with Crippen LogP contribution < -0.4 is 10.6 Å². The predicted octanol–water partition coefficient (Wildman–Crippen LogP) is 1.74. The summed E-state index contributed by atoms with van der Waals surface area (Å²) in [5, 5.41) is 14.2. The van der Waals surface area contributed by atoms with Crippen LogP contribution in [0.15, 0.2) is 0 Å². The largest absolute Gasteiger partial charge is 0.480 e. The molecule has 0 aromatic carbocycles. The minimum atomic E-state index is -1.00. The topological polar surface area (TPSA) is 87.7 Å². The number of rotatable bonds is 8. The zero-order valence-corrected chi connectivity index (χ0v) is 12.4. The Hall–Kier alpha value is -1.30. The molecule has 20 heavy (non-hydrogen) atoms.